The molecule has 0 bridgehead atoms. The summed E-state index contributed by atoms with van der Waals surface area (Å²) >= 11 is 0. The second-order valence-corrected chi connectivity index (χ2v) is 8.83. The minimum atomic E-state index is -0.367. The van der Waals surface area contributed by atoms with Crippen molar-refractivity contribution in [3.63, 3.8) is 0 Å². The molecule has 4 heterocycles. The third-order valence-electron chi connectivity index (χ3n) is 6.61. The van der Waals surface area contributed by atoms with E-state index in [9.17, 15) is 9.59 Å². The van der Waals surface area contributed by atoms with Gasteiger partial charge in [0.1, 0.15) is 37.9 Å². The topological polar surface area (TPSA) is 89.5 Å². The highest BCUT2D eigenvalue weighted by Crippen LogP contribution is 2.50. The summed E-state index contributed by atoms with van der Waals surface area (Å²) in [6, 6.07) is 14.4. The van der Waals surface area contributed by atoms with Crippen molar-refractivity contribution in [2.45, 2.75) is 12.3 Å². The van der Waals surface area contributed by atoms with E-state index in [1.807, 2.05) is 36.4 Å². The Morgan fingerprint density at radius 2 is 1.36 bits per heavy atom. The fraction of sp³-hybridized carbons (Fsp3) is 0.214. The van der Waals surface area contributed by atoms with Gasteiger partial charge in [0.2, 0.25) is 5.78 Å². The van der Waals surface area contributed by atoms with Crippen molar-refractivity contribution in [3.8, 4) is 34.5 Å². The molecule has 0 aliphatic carbocycles. The van der Waals surface area contributed by atoms with Crippen molar-refractivity contribution in [2.75, 3.05) is 26.4 Å². The van der Waals surface area contributed by atoms with Crippen LogP contribution in [0.1, 0.15) is 39.4 Å². The van der Waals surface area contributed by atoms with Crippen molar-refractivity contribution in [1.82, 2.24) is 0 Å². The summed E-state index contributed by atoms with van der Waals surface area (Å²) in [5.41, 5.74) is 2.70. The highest BCUT2D eigenvalue weighted by Gasteiger charge is 2.39. The number of benzene rings is 3. The number of ether oxygens (including phenoxy) is 6. The summed E-state index contributed by atoms with van der Waals surface area (Å²) in [4.78, 5) is 25.7. The quantitative estimate of drug-likeness (QED) is 0.303. The first kappa shape index (κ1) is 20.9. The number of carbonyl (C=O) groups excluding carboxylic acids is 2. The summed E-state index contributed by atoms with van der Waals surface area (Å²) in [5.74, 6) is 2.62. The molecule has 8 nitrogen and oxygen atoms in total. The molecule has 0 spiro atoms. The third-order valence-corrected chi connectivity index (χ3v) is 6.61. The van der Waals surface area contributed by atoms with Gasteiger partial charge in [0.15, 0.2) is 28.8 Å². The smallest absolute Gasteiger partial charge is 0.312 e. The van der Waals surface area contributed by atoms with Gasteiger partial charge in [-0.3, -0.25) is 9.59 Å². The summed E-state index contributed by atoms with van der Waals surface area (Å²) < 4.78 is 34.3. The molecule has 0 unspecified atom stereocenters. The van der Waals surface area contributed by atoms with Gasteiger partial charge in [-0.25, -0.2) is 0 Å². The first-order chi connectivity index (χ1) is 17.6. The van der Waals surface area contributed by atoms with Crippen LogP contribution in [0.5, 0.6) is 34.5 Å². The Balaban J connectivity index is 1.28. The van der Waals surface area contributed by atoms with Gasteiger partial charge in [-0.1, -0.05) is 12.1 Å². The molecule has 0 fully saturated rings. The molecule has 4 aliphatic heterocycles. The van der Waals surface area contributed by atoms with E-state index in [2.05, 4.69) is 0 Å². The fourth-order valence-corrected chi connectivity index (χ4v) is 4.97. The van der Waals surface area contributed by atoms with Crippen molar-refractivity contribution < 1.29 is 38.0 Å². The van der Waals surface area contributed by atoms with Crippen LogP contribution in [0.25, 0.3) is 6.08 Å². The van der Waals surface area contributed by atoms with Crippen LogP contribution in [0.4, 0.5) is 0 Å². The zero-order valence-electron chi connectivity index (χ0n) is 19.1. The van der Waals surface area contributed by atoms with E-state index in [0.717, 1.165) is 11.1 Å². The zero-order valence-corrected chi connectivity index (χ0v) is 19.1. The van der Waals surface area contributed by atoms with Crippen LogP contribution in [-0.4, -0.2) is 38.2 Å². The van der Waals surface area contributed by atoms with Crippen LogP contribution in [0.3, 0.4) is 0 Å². The molecule has 8 heteroatoms. The van der Waals surface area contributed by atoms with Crippen LogP contribution >= 0.6 is 0 Å². The van der Waals surface area contributed by atoms with Crippen LogP contribution in [0.15, 0.2) is 54.3 Å². The number of hydrogen-bond donors (Lipinski definition) is 0. The van der Waals surface area contributed by atoms with Gasteiger partial charge in [-0.15, -0.1) is 0 Å². The molecule has 0 amide bonds. The summed E-state index contributed by atoms with van der Waals surface area (Å²) in [6.07, 6.45) is 1.79. The number of fused-ring (bicyclic) bond motifs is 5. The SMILES string of the molecule is O=C1C[C@@H](c2ccc3c(c2)OCCO3)c2c(ccc3c2O/C(=C\c2ccc4c(c2)OCCO4)C3=O)O1. The van der Waals surface area contributed by atoms with Gasteiger partial charge in [-0.2, -0.15) is 0 Å². The third kappa shape index (κ3) is 3.37. The lowest BCUT2D eigenvalue weighted by molar-refractivity contribution is -0.135. The molecule has 180 valence electrons. The Bertz CT molecular complexity index is 1470. The van der Waals surface area contributed by atoms with E-state index in [0.29, 0.717) is 72.1 Å². The van der Waals surface area contributed by atoms with Crippen molar-refractivity contribution in [2.24, 2.45) is 0 Å². The molecule has 0 aromatic heterocycles. The normalized spacial score (nSPS) is 20.3. The molecule has 7 rings (SSSR count). The first-order valence-corrected chi connectivity index (χ1v) is 11.7. The van der Waals surface area contributed by atoms with Crippen molar-refractivity contribution >= 4 is 17.8 Å². The number of Topliss-reactive ketones (excluding diaryl/α,β-unsaturated/α-hetero) is 1. The van der Waals surface area contributed by atoms with Gasteiger partial charge in [0, 0.05) is 11.5 Å². The monoisotopic (exact) mass is 484 g/mol. The number of rotatable bonds is 2. The second-order valence-electron chi connectivity index (χ2n) is 8.83. The van der Waals surface area contributed by atoms with Crippen LogP contribution in [0.2, 0.25) is 0 Å². The number of ketones is 1. The van der Waals surface area contributed by atoms with Crippen molar-refractivity contribution in [3.05, 3.63) is 76.5 Å². The van der Waals surface area contributed by atoms with Crippen LogP contribution in [0, 0.1) is 0 Å². The van der Waals surface area contributed by atoms with Gasteiger partial charge in [0.25, 0.3) is 0 Å². The molecule has 36 heavy (non-hydrogen) atoms. The minimum Gasteiger partial charge on any atom is -0.486 e. The molecular weight excluding hydrogens is 464 g/mol. The molecule has 3 aromatic rings. The van der Waals surface area contributed by atoms with Gasteiger partial charge >= 0.3 is 5.97 Å². The maximum atomic E-state index is 13.3. The van der Waals surface area contributed by atoms with Gasteiger partial charge in [0.05, 0.1) is 12.0 Å². The van der Waals surface area contributed by atoms with E-state index >= 15 is 0 Å². The minimum absolute atomic E-state index is 0.113. The predicted octanol–water partition coefficient (Wildman–Crippen LogP) is 4.29. The van der Waals surface area contributed by atoms with E-state index in [1.54, 1.807) is 18.2 Å². The highest BCUT2D eigenvalue weighted by atomic mass is 16.6. The highest BCUT2D eigenvalue weighted by molar-refractivity contribution is 6.15. The lowest BCUT2D eigenvalue weighted by atomic mass is 9.84. The predicted molar refractivity (Wildman–Crippen MR) is 126 cm³/mol. The Morgan fingerprint density at radius 3 is 2.14 bits per heavy atom. The van der Waals surface area contributed by atoms with E-state index < -0.39 is 0 Å². The van der Waals surface area contributed by atoms with Crippen molar-refractivity contribution in [1.29, 1.82) is 0 Å². The first-order valence-electron chi connectivity index (χ1n) is 11.7. The maximum absolute atomic E-state index is 13.3. The van der Waals surface area contributed by atoms with Crippen LogP contribution < -0.4 is 28.4 Å². The lowest BCUT2D eigenvalue weighted by Crippen LogP contribution is -2.22. The Morgan fingerprint density at radius 1 is 0.694 bits per heavy atom. The fourth-order valence-electron chi connectivity index (χ4n) is 4.97. The lowest BCUT2D eigenvalue weighted by Gasteiger charge is -2.27. The molecule has 0 N–H and O–H groups in total. The second kappa shape index (κ2) is 8.05. The molecule has 0 saturated carbocycles. The number of hydrogen-bond acceptors (Lipinski definition) is 8. The largest absolute Gasteiger partial charge is 0.486 e. The molecule has 3 aromatic carbocycles. The molecule has 1 atom stereocenters. The Kier molecular flexibility index (Phi) is 4.67. The average molecular weight is 484 g/mol. The van der Waals surface area contributed by atoms with E-state index in [1.165, 1.54) is 0 Å². The molecule has 0 radical (unpaired) electrons. The summed E-state index contributed by atoms with van der Waals surface area (Å²) in [6.45, 7) is 1.93. The Hall–Kier alpha value is -4.46. The Labute approximate surface area is 205 Å². The number of esters is 1. The van der Waals surface area contributed by atoms with Crippen LogP contribution in [-0.2, 0) is 4.79 Å². The number of carbonyl (C=O) groups is 2. The number of allylic oxidation sites excluding steroid dienone is 1. The van der Waals surface area contributed by atoms with Gasteiger partial charge < -0.3 is 28.4 Å². The van der Waals surface area contributed by atoms with Gasteiger partial charge in [-0.05, 0) is 53.6 Å². The standard InChI is InChI=1S/C28H20O8/c29-25-14-18(16-2-5-20-23(13-16)34-10-8-32-20)26-21(35-25)6-3-17-27(30)24(36-28(17)26)12-15-1-4-19-22(11-15)33-9-7-31-19/h1-6,11-13,18H,7-10,14H2/b24-12-/t18-/m0/s1. The maximum Gasteiger partial charge on any atom is 0.312 e. The molecular formula is C28H20O8. The van der Waals surface area contributed by atoms with E-state index in [-0.39, 0.29) is 29.9 Å². The van der Waals surface area contributed by atoms with E-state index in [4.69, 9.17) is 28.4 Å². The molecule has 0 saturated heterocycles. The zero-order chi connectivity index (χ0) is 24.2. The molecule has 4 aliphatic rings. The summed E-state index contributed by atoms with van der Waals surface area (Å²) in [7, 11) is 0. The average Bonchev–Trinajstić information content (AvgIpc) is 3.22. The summed E-state index contributed by atoms with van der Waals surface area (Å²) in [5, 5.41) is 0.